The smallest absolute Gasteiger partial charge is 0.322 e. The largest absolute Gasteiger partial charge is 0.337 e. The minimum absolute atomic E-state index is 0.156. The number of hydrogen-bond donors (Lipinski definition) is 1. The van der Waals surface area contributed by atoms with Crippen LogP contribution in [0, 0.1) is 6.92 Å². The van der Waals surface area contributed by atoms with E-state index in [1.807, 2.05) is 43.3 Å². The van der Waals surface area contributed by atoms with Crippen LogP contribution in [0.25, 0.3) is 11.4 Å². The second-order valence-corrected chi connectivity index (χ2v) is 7.40. The molecule has 0 radical (unpaired) electrons. The third-order valence-electron chi connectivity index (χ3n) is 4.88. The highest BCUT2D eigenvalue weighted by molar-refractivity contribution is 6.30. The van der Waals surface area contributed by atoms with Crippen LogP contribution in [0.3, 0.4) is 0 Å². The highest BCUT2D eigenvalue weighted by Crippen LogP contribution is 2.32. The zero-order valence-corrected chi connectivity index (χ0v) is 16.3. The number of aryl methyl sites for hydroxylation is 1. The number of urea groups is 1. The van der Waals surface area contributed by atoms with E-state index in [1.165, 1.54) is 0 Å². The molecule has 0 spiro atoms. The molecule has 1 aliphatic heterocycles. The number of nitrogens with one attached hydrogen (secondary N) is 1. The summed E-state index contributed by atoms with van der Waals surface area (Å²) in [5.74, 6) is 0.927. The number of nitrogens with zero attached hydrogens (tertiary/aromatic N) is 3. The van der Waals surface area contributed by atoms with Gasteiger partial charge in [-0.05, 0) is 50.5 Å². The number of hydrogen-bond acceptors (Lipinski definition) is 4. The summed E-state index contributed by atoms with van der Waals surface area (Å²) >= 11 is 6.05. The van der Waals surface area contributed by atoms with Crippen LogP contribution in [0.2, 0.25) is 5.02 Å². The topological polar surface area (TPSA) is 71.3 Å². The Bertz CT molecular complexity index is 971. The Kier molecular flexibility index (Phi) is 5.30. The van der Waals surface area contributed by atoms with Gasteiger partial charge in [-0.15, -0.1) is 0 Å². The molecule has 1 atom stereocenters. The molecule has 1 fully saturated rings. The summed E-state index contributed by atoms with van der Waals surface area (Å²) < 4.78 is 5.52. The van der Waals surface area contributed by atoms with Crippen LogP contribution in [0.15, 0.2) is 53.1 Å². The van der Waals surface area contributed by atoms with E-state index in [9.17, 15) is 4.79 Å². The number of carbonyl (C=O) groups excluding carboxylic acids is 1. The number of aromatic nitrogens is 2. The number of carbonyl (C=O) groups is 1. The van der Waals surface area contributed by atoms with E-state index in [0.717, 1.165) is 36.1 Å². The van der Waals surface area contributed by atoms with Gasteiger partial charge in [0.25, 0.3) is 0 Å². The minimum Gasteiger partial charge on any atom is -0.337 e. The molecular formula is C21H21ClN4O2. The van der Waals surface area contributed by atoms with Gasteiger partial charge in [0, 0.05) is 22.8 Å². The molecule has 4 rings (SSSR count). The van der Waals surface area contributed by atoms with Gasteiger partial charge in [-0.3, -0.25) is 0 Å². The second kappa shape index (κ2) is 8.02. The van der Waals surface area contributed by atoms with Crippen LogP contribution >= 0.6 is 11.6 Å². The number of anilines is 1. The van der Waals surface area contributed by atoms with Crippen molar-refractivity contribution in [3.8, 4) is 11.4 Å². The highest BCUT2D eigenvalue weighted by Gasteiger charge is 2.32. The zero-order chi connectivity index (χ0) is 19.5. The molecule has 0 bridgehead atoms. The second-order valence-electron chi connectivity index (χ2n) is 6.97. The predicted molar refractivity (Wildman–Crippen MR) is 108 cm³/mol. The molecule has 1 aromatic heterocycles. The van der Waals surface area contributed by atoms with Crippen LogP contribution in [-0.2, 0) is 0 Å². The zero-order valence-electron chi connectivity index (χ0n) is 15.6. The van der Waals surface area contributed by atoms with Gasteiger partial charge < -0.3 is 14.7 Å². The van der Waals surface area contributed by atoms with Crippen molar-refractivity contribution in [1.29, 1.82) is 0 Å². The Morgan fingerprint density at radius 1 is 1.21 bits per heavy atom. The first-order valence-electron chi connectivity index (χ1n) is 9.34. The van der Waals surface area contributed by atoms with Crippen LogP contribution in [0.1, 0.15) is 36.8 Å². The van der Waals surface area contributed by atoms with Crippen LogP contribution in [-0.4, -0.2) is 27.6 Å². The summed E-state index contributed by atoms with van der Waals surface area (Å²) in [6.07, 6.45) is 2.75. The minimum atomic E-state index is -0.236. The standard InChI is InChI=1S/C21H21ClN4O2/c1-14-8-10-17(11-9-14)23-21(27)26-12-3-2-7-18(26)20-24-19(25-28-20)15-5-4-6-16(22)13-15/h4-6,8-11,13,18H,2-3,7,12H2,1H3,(H,23,27). The van der Waals surface area contributed by atoms with Crippen molar-refractivity contribution in [2.24, 2.45) is 0 Å². The van der Waals surface area contributed by atoms with Crippen molar-refractivity contribution < 1.29 is 9.32 Å². The Labute approximate surface area is 168 Å². The van der Waals surface area contributed by atoms with E-state index in [-0.39, 0.29) is 12.1 Å². The lowest BCUT2D eigenvalue weighted by Gasteiger charge is -2.33. The Morgan fingerprint density at radius 3 is 2.82 bits per heavy atom. The molecule has 1 N–H and O–H groups in total. The molecule has 7 heteroatoms. The molecule has 2 aromatic carbocycles. The molecule has 1 unspecified atom stereocenters. The molecule has 1 aliphatic rings. The number of amides is 2. The normalized spacial score (nSPS) is 16.8. The summed E-state index contributed by atoms with van der Waals surface area (Å²) in [5.41, 5.74) is 2.70. The lowest BCUT2D eigenvalue weighted by molar-refractivity contribution is 0.142. The van der Waals surface area contributed by atoms with Crippen LogP contribution in [0.4, 0.5) is 10.5 Å². The fourth-order valence-corrected chi connectivity index (χ4v) is 3.57. The molecule has 3 aromatic rings. The first kappa shape index (κ1) is 18.5. The SMILES string of the molecule is Cc1ccc(NC(=O)N2CCCCC2c2nc(-c3cccc(Cl)c3)no2)cc1. The monoisotopic (exact) mass is 396 g/mol. The maximum Gasteiger partial charge on any atom is 0.322 e. The van der Waals surface area contributed by atoms with E-state index in [1.54, 1.807) is 17.0 Å². The lowest BCUT2D eigenvalue weighted by atomic mass is 10.0. The fraction of sp³-hybridized carbons (Fsp3) is 0.286. The van der Waals surface area contributed by atoms with Crippen molar-refractivity contribution in [3.63, 3.8) is 0 Å². The maximum atomic E-state index is 12.9. The third kappa shape index (κ3) is 4.02. The Hall–Kier alpha value is -2.86. The first-order chi connectivity index (χ1) is 13.6. The van der Waals surface area contributed by atoms with Gasteiger partial charge in [-0.2, -0.15) is 4.98 Å². The van der Waals surface area contributed by atoms with Gasteiger partial charge in [0.1, 0.15) is 6.04 Å². The average Bonchev–Trinajstić information content (AvgIpc) is 3.20. The molecule has 1 saturated heterocycles. The molecular weight excluding hydrogens is 376 g/mol. The molecule has 2 heterocycles. The van der Waals surface area contributed by atoms with Crippen molar-refractivity contribution >= 4 is 23.3 Å². The van der Waals surface area contributed by atoms with E-state index < -0.39 is 0 Å². The van der Waals surface area contributed by atoms with E-state index in [2.05, 4.69) is 15.5 Å². The first-order valence-corrected chi connectivity index (χ1v) is 9.72. The molecule has 0 saturated carbocycles. The van der Waals surface area contributed by atoms with Crippen molar-refractivity contribution in [1.82, 2.24) is 15.0 Å². The average molecular weight is 397 g/mol. The molecule has 6 nitrogen and oxygen atoms in total. The third-order valence-corrected chi connectivity index (χ3v) is 5.11. The summed E-state index contributed by atoms with van der Waals surface area (Å²) in [6.45, 7) is 2.66. The van der Waals surface area contributed by atoms with Gasteiger partial charge in [-0.1, -0.05) is 46.6 Å². The molecule has 2 amide bonds. The number of halogens is 1. The number of benzene rings is 2. The Balaban J connectivity index is 1.54. The maximum absolute atomic E-state index is 12.9. The number of piperidine rings is 1. The van der Waals surface area contributed by atoms with Gasteiger partial charge in [0.2, 0.25) is 11.7 Å². The number of likely N-dealkylation sites (tertiary alicyclic amines) is 1. The summed E-state index contributed by atoms with van der Waals surface area (Å²) in [5, 5.41) is 7.66. The summed E-state index contributed by atoms with van der Waals surface area (Å²) in [4.78, 5) is 19.2. The quantitative estimate of drug-likeness (QED) is 0.638. The van der Waals surface area contributed by atoms with Gasteiger partial charge in [-0.25, -0.2) is 4.79 Å². The highest BCUT2D eigenvalue weighted by atomic mass is 35.5. The van der Waals surface area contributed by atoms with Crippen LogP contribution < -0.4 is 5.32 Å². The lowest BCUT2D eigenvalue weighted by Crippen LogP contribution is -2.41. The van der Waals surface area contributed by atoms with Crippen molar-refractivity contribution in [2.45, 2.75) is 32.2 Å². The van der Waals surface area contributed by atoms with Crippen molar-refractivity contribution in [2.75, 3.05) is 11.9 Å². The van der Waals surface area contributed by atoms with Gasteiger partial charge >= 0.3 is 6.03 Å². The molecule has 0 aliphatic carbocycles. The molecule has 144 valence electrons. The predicted octanol–water partition coefficient (Wildman–Crippen LogP) is 5.46. The summed E-state index contributed by atoms with van der Waals surface area (Å²) in [6, 6.07) is 14.7. The number of rotatable bonds is 3. The Morgan fingerprint density at radius 2 is 2.04 bits per heavy atom. The summed E-state index contributed by atoms with van der Waals surface area (Å²) in [7, 11) is 0. The fourth-order valence-electron chi connectivity index (χ4n) is 3.38. The van der Waals surface area contributed by atoms with Crippen molar-refractivity contribution in [3.05, 3.63) is 65.0 Å². The van der Waals surface area contributed by atoms with Gasteiger partial charge in [0.15, 0.2) is 0 Å². The van der Waals surface area contributed by atoms with E-state index in [0.29, 0.717) is 23.3 Å². The van der Waals surface area contributed by atoms with E-state index >= 15 is 0 Å². The van der Waals surface area contributed by atoms with E-state index in [4.69, 9.17) is 16.1 Å². The van der Waals surface area contributed by atoms with Crippen LogP contribution in [0.5, 0.6) is 0 Å². The molecule has 28 heavy (non-hydrogen) atoms. The van der Waals surface area contributed by atoms with Gasteiger partial charge in [0.05, 0.1) is 0 Å².